The predicted molar refractivity (Wildman–Crippen MR) is 157 cm³/mol. The summed E-state index contributed by atoms with van der Waals surface area (Å²) in [7, 11) is -2.92. The number of urea groups is 1. The van der Waals surface area contributed by atoms with Gasteiger partial charge in [-0.05, 0) is 36.2 Å². The second kappa shape index (κ2) is 10.6. The largest absolute Gasteiger partial charge is 0.491 e. The number of aliphatic hydroxyl groups is 1. The molecule has 1 spiro atoms. The van der Waals surface area contributed by atoms with Gasteiger partial charge in [-0.3, -0.25) is 0 Å². The summed E-state index contributed by atoms with van der Waals surface area (Å²) in [5, 5.41) is 18.8. The first-order chi connectivity index (χ1) is 20.0. The average molecular weight is 591 g/mol. The van der Waals surface area contributed by atoms with E-state index in [0.29, 0.717) is 37.6 Å². The molecule has 5 heterocycles. The molecule has 0 aliphatic carbocycles. The number of aryl methyl sites for hydroxylation is 1. The van der Waals surface area contributed by atoms with Gasteiger partial charge in [-0.15, -0.1) is 5.10 Å². The summed E-state index contributed by atoms with van der Waals surface area (Å²) in [5.41, 5.74) is 3.03. The van der Waals surface area contributed by atoms with Gasteiger partial charge < -0.3 is 25.0 Å². The van der Waals surface area contributed by atoms with E-state index in [9.17, 15) is 14.1 Å². The minimum atomic E-state index is -2.92. The third-order valence-electron chi connectivity index (χ3n) is 7.79. The first-order valence-electron chi connectivity index (χ1n) is 13.7. The molecule has 6 rings (SSSR count). The number of ether oxygens (including phenoxy) is 1. The van der Waals surface area contributed by atoms with Gasteiger partial charge in [-0.25, -0.2) is 28.3 Å². The highest BCUT2D eigenvalue weighted by atomic mass is 32.2. The van der Waals surface area contributed by atoms with E-state index in [4.69, 9.17) is 9.52 Å². The number of β-amino-alcohol motifs (C(OH)–C–C–N with tert-alkyl or cyclic N) is 1. The summed E-state index contributed by atoms with van der Waals surface area (Å²) in [6.07, 6.45) is 3.58. The number of fused-ring (bicyclic) bond motifs is 1. The van der Waals surface area contributed by atoms with Crippen molar-refractivity contribution in [3.05, 3.63) is 77.9 Å². The molecule has 0 bridgehead atoms. The van der Waals surface area contributed by atoms with Crippen LogP contribution in [0.15, 0.2) is 66.0 Å². The lowest BCUT2D eigenvalue weighted by molar-refractivity contribution is 0.120. The van der Waals surface area contributed by atoms with Gasteiger partial charge in [0.1, 0.15) is 16.9 Å². The van der Waals surface area contributed by atoms with Crippen LogP contribution in [0.5, 0.6) is 5.75 Å². The molecule has 1 aromatic carbocycles. The van der Waals surface area contributed by atoms with E-state index in [2.05, 4.69) is 39.4 Å². The van der Waals surface area contributed by atoms with Crippen LogP contribution in [0.2, 0.25) is 0 Å². The Labute approximate surface area is 244 Å². The number of benzene rings is 1. The molecule has 12 nitrogen and oxygen atoms in total. The van der Waals surface area contributed by atoms with Crippen molar-refractivity contribution in [2.45, 2.75) is 36.4 Å². The minimum absolute atomic E-state index is 0.0532. The van der Waals surface area contributed by atoms with Crippen molar-refractivity contribution in [2.75, 3.05) is 43.9 Å². The summed E-state index contributed by atoms with van der Waals surface area (Å²) in [6.45, 7) is 6.12. The highest BCUT2D eigenvalue weighted by Crippen LogP contribution is 2.33. The molecule has 2 saturated heterocycles. The number of anilines is 1. The Morgan fingerprint density at radius 2 is 1.95 bits per heavy atom. The summed E-state index contributed by atoms with van der Waals surface area (Å²) in [5.74, 6) is 1.11. The van der Waals surface area contributed by atoms with Crippen LogP contribution in [-0.2, 0) is 9.73 Å². The molecular formula is C29H34N8O4S. The van der Waals surface area contributed by atoms with Crippen molar-refractivity contribution in [3.63, 3.8) is 0 Å². The number of amides is 2. The molecule has 4 aromatic rings. The quantitative estimate of drug-likeness (QED) is 0.269. The van der Waals surface area contributed by atoms with Crippen LogP contribution >= 0.6 is 0 Å². The molecule has 220 valence electrons. The molecule has 2 amide bonds. The molecule has 13 heteroatoms. The van der Waals surface area contributed by atoms with Crippen LogP contribution in [0.3, 0.4) is 0 Å². The number of carbonyl (C=O) groups excluding carboxylic acids is 1. The van der Waals surface area contributed by atoms with Crippen LogP contribution in [-0.4, -0.2) is 84.4 Å². The van der Waals surface area contributed by atoms with E-state index < -0.39 is 21.4 Å². The van der Waals surface area contributed by atoms with Gasteiger partial charge in [0.05, 0.1) is 34.6 Å². The van der Waals surface area contributed by atoms with Crippen molar-refractivity contribution in [3.8, 4) is 5.75 Å². The Morgan fingerprint density at radius 1 is 1.19 bits per heavy atom. The van der Waals surface area contributed by atoms with Crippen molar-refractivity contribution >= 4 is 27.1 Å². The number of hydrogen-bond donors (Lipinski definition) is 3. The molecule has 2 unspecified atom stereocenters. The maximum atomic E-state index is 12.8. The van der Waals surface area contributed by atoms with Crippen LogP contribution in [0, 0.1) is 11.7 Å². The Bertz CT molecular complexity index is 1740. The number of aromatic nitrogens is 4. The van der Waals surface area contributed by atoms with Gasteiger partial charge in [0.15, 0.2) is 11.5 Å². The number of rotatable bonds is 9. The summed E-state index contributed by atoms with van der Waals surface area (Å²) in [6, 6.07) is 15.3. The number of carbonyl (C=O) groups is 1. The van der Waals surface area contributed by atoms with Crippen molar-refractivity contribution in [1.82, 2.24) is 29.8 Å². The van der Waals surface area contributed by atoms with Crippen LogP contribution < -0.4 is 15.0 Å². The highest BCUT2D eigenvalue weighted by molar-refractivity contribution is 7.91. The monoisotopic (exact) mass is 590 g/mol. The van der Waals surface area contributed by atoms with Gasteiger partial charge in [0.2, 0.25) is 0 Å². The van der Waals surface area contributed by atoms with Gasteiger partial charge in [-0.1, -0.05) is 37.3 Å². The van der Waals surface area contributed by atoms with E-state index in [-0.39, 0.29) is 29.3 Å². The second-order valence-electron chi connectivity index (χ2n) is 11.4. The first kappa shape index (κ1) is 27.9. The van der Waals surface area contributed by atoms with E-state index >= 15 is 0 Å². The SMILES string of the molecule is Cc1cc(OC[C@H](C)c2ccccc2)cn2nc(C(O)CN3CC4(CN(c5ccnc(S(C)(=N)=O)c5)C4)NC3=O)nc12. The minimum Gasteiger partial charge on any atom is -0.491 e. The molecule has 0 radical (unpaired) electrons. The summed E-state index contributed by atoms with van der Waals surface area (Å²) < 4.78 is 27.6. The third kappa shape index (κ3) is 5.49. The zero-order valence-electron chi connectivity index (χ0n) is 23.7. The second-order valence-corrected chi connectivity index (χ2v) is 13.5. The number of nitrogens with one attached hydrogen (secondary N) is 2. The lowest BCUT2D eigenvalue weighted by Crippen LogP contribution is -2.69. The molecule has 2 aliphatic heterocycles. The average Bonchev–Trinajstić information content (AvgIpc) is 3.53. The zero-order valence-corrected chi connectivity index (χ0v) is 24.5. The Morgan fingerprint density at radius 3 is 2.69 bits per heavy atom. The number of pyridine rings is 2. The predicted octanol–water partition coefficient (Wildman–Crippen LogP) is 2.97. The van der Waals surface area contributed by atoms with Crippen LogP contribution in [0.4, 0.5) is 10.5 Å². The third-order valence-corrected chi connectivity index (χ3v) is 8.81. The first-order valence-corrected chi connectivity index (χ1v) is 15.7. The zero-order chi connectivity index (χ0) is 29.6. The van der Waals surface area contributed by atoms with Crippen molar-refractivity contribution in [2.24, 2.45) is 0 Å². The van der Waals surface area contributed by atoms with Gasteiger partial charge >= 0.3 is 6.03 Å². The molecule has 2 aliphatic rings. The van der Waals surface area contributed by atoms with E-state index in [1.54, 1.807) is 33.9 Å². The number of nitrogens with zero attached hydrogens (tertiary/aromatic N) is 6. The lowest BCUT2D eigenvalue weighted by atomic mass is 9.90. The standard InChI is InChI=1S/C29H34N8O4S/c1-19-11-23(41-15-20(2)21-7-5-4-6-8-21)13-37-27(19)32-26(34-37)24(38)14-35-16-29(33-28(35)39)17-36(18-29)22-9-10-31-25(12-22)42(3,30)40/h4-13,20,24,30,38H,14-18H2,1-3H3,(H,33,39)/t20-,24?,42?/m0/s1. The number of aliphatic hydroxyl groups excluding tert-OH is 1. The smallest absolute Gasteiger partial charge is 0.318 e. The van der Waals surface area contributed by atoms with Crippen LogP contribution in [0.25, 0.3) is 5.65 Å². The molecule has 3 atom stereocenters. The Kier molecular flexibility index (Phi) is 7.01. The Balaban J connectivity index is 1.09. The van der Waals surface area contributed by atoms with Crippen molar-refractivity contribution < 1.29 is 18.8 Å². The molecule has 3 N–H and O–H groups in total. The van der Waals surface area contributed by atoms with Crippen LogP contribution in [0.1, 0.15) is 35.9 Å². The number of hydrogen-bond acceptors (Lipinski definition) is 9. The lowest BCUT2D eigenvalue weighted by Gasteiger charge is -2.48. The van der Waals surface area contributed by atoms with E-state index in [1.807, 2.05) is 36.1 Å². The topological polar surface area (TPSA) is 149 Å². The van der Waals surface area contributed by atoms with Crippen molar-refractivity contribution in [1.29, 1.82) is 4.78 Å². The maximum Gasteiger partial charge on any atom is 0.318 e. The molecule has 2 fully saturated rings. The fraction of sp³-hybridized carbons (Fsp3) is 0.379. The van der Waals surface area contributed by atoms with E-state index in [1.165, 1.54) is 11.8 Å². The van der Waals surface area contributed by atoms with E-state index in [0.717, 1.165) is 11.3 Å². The van der Waals surface area contributed by atoms with Gasteiger partial charge in [0, 0.05) is 43.7 Å². The molecular weight excluding hydrogens is 556 g/mol. The summed E-state index contributed by atoms with van der Waals surface area (Å²) in [4.78, 5) is 25.1. The maximum absolute atomic E-state index is 12.8. The fourth-order valence-electron chi connectivity index (χ4n) is 5.53. The molecule has 3 aromatic heterocycles. The fourth-order valence-corrected chi connectivity index (χ4v) is 6.14. The van der Waals surface area contributed by atoms with Gasteiger partial charge in [0.25, 0.3) is 0 Å². The highest BCUT2D eigenvalue weighted by Gasteiger charge is 2.51. The summed E-state index contributed by atoms with van der Waals surface area (Å²) >= 11 is 0. The normalized spacial score (nSPS) is 18.9. The molecule has 0 saturated carbocycles. The Hall–Kier alpha value is -4.23. The molecule has 42 heavy (non-hydrogen) atoms. The van der Waals surface area contributed by atoms with Gasteiger partial charge in [-0.2, -0.15) is 0 Å².